The van der Waals surface area contributed by atoms with Crippen molar-refractivity contribution in [3.05, 3.63) is 36.2 Å². The fourth-order valence-electron chi connectivity index (χ4n) is 2.35. The van der Waals surface area contributed by atoms with E-state index in [2.05, 4.69) is 15.6 Å². The zero-order valence-corrected chi connectivity index (χ0v) is 13.9. The normalized spacial score (nSPS) is 13.4. The molecule has 1 aromatic carbocycles. The number of carbonyl (C=O) groups excluding carboxylic acids is 2. The van der Waals surface area contributed by atoms with E-state index in [0.717, 1.165) is 10.6 Å². The van der Waals surface area contributed by atoms with E-state index in [9.17, 15) is 14.4 Å². The number of thioether (sulfide) groups is 1. The van der Waals surface area contributed by atoms with Gasteiger partial charge in [0.25, 0.3) is 0 Å². The number of aliphatic carboxylic acids is 1. The van der Waals surface area contributed by atoms with Crippen LogP contribution in [0.3, 0.4) is 0 Å². The first-order chi connectivity index (χ1) is 12.0. The molecule has 2 N–H and O–H groups in total. The molecule has 10 heteroatoms. The highest BCUT2D eigenvalue weighted by Gasteiger charge is 2.26. The van der Waals surface area contributed by atoms with Gasteiger partial charge in [0.15, 0.2) is 0 Å². The standard InChI is InChI=1S/C15H15N5O4S/c21-13(16-5-10-6-19(18-17-10)8-15(23)24)7-20-11-3-1-2-4-12(11)25-9-14(20)22/h1-4,6H,5,7-9H2,(H,16,21)(H,23,24). The van der Waals surface area contributed by atoms with Gasteiger partial charge in [0.2, 0.25) is 11.8 Å². The Morgan fingerprint density at radius 3 is 2.88 bits per heavy atom. The van der Waals surface area contributed by atoms with Gasteiger partial charge in [0.05, 0.1) is 24.2 Å². The molecule has 1 aliphatic rings. The van der Waals surface area contributed by atoms with Gasteiger partial charge >= 0.3 is 5.97 Å². The zero-order valence-electron chi connectivity index (χ0n) is 13.1. The lowest BCUT2D eigenvalue weighted by Crippen LogP contribution is -2.43. The van der Waals surface area contributed by atoms with Crippen LogP contribution in [-0.2, 0) is 27.5 Å². The highest BCUT2D eigenvalue weighted by atomic mass is 32.2. The topological polar surface area (TPSA) is 117 Å². The molecule has 0 radical (unpaired) electrons. The number of carbonyl (C=O) groups is 3. The van der Waals surface area contributed by atoms with Crippen LogP contribution in [0.15, 0.2) is 35.4 Å². The largest absolute Gasteiger partial charge is 0.480 e. The molecule has 1 aromatic heterocycles. The van der Waals surface area contributed by atoms with Crippen LogP contribution in [0.1, 0.15) is 5.69 Å². The molecule has 25 heavy (non-hydrogen) atoms. The van der Waals surface area contributed by atoms with Crippen molar-refractivity contribution < 1.29 is 19.5 Å². The fourth-order valence-corrected chi connectivity index (χ4v) is 3.29. The molecule has 0 unspecified atom stereocenters. The van der Waals surface area contributed by atoms with Crippen molar-refractivity contribution in [2.45, 2.75) is 18.0 Å². The Labute approximate surface area is 147 Å². The van der Waals surface area contributed by atoms with E-state index in [-0.39, 0.29) is 31.4 Å². The minimum Gasteiger partial charge on any atom is -0.480 e. The maximum absolute atomic E-state index is 12.2. The van der Waals surface area contributed by atoms with Crippen LogP contribution >= 0.6 is 11.8 Å². The van der Waals surface area contributed by atoms with Gasteiger partial charge in [-0.2, -0.15) is 0 Å². The highest BCUT2D eigenvalue weighted by molar-refractivity contribution is 8.00. The van der Waals surface area contributed by atoms with E-state index in [1.54, 1.807) is 0 Å². The molecule has 0 atom stereocenters. The van der Waals surface area contributed by atoms with Crippen molar-refractivity contribution in [1.82, 2.24) is 20.3 Å². The molecular formula is C15H15N5O4S. The van der Waals surface area contributed by atoms with Crippen molar-refractivity contribution >= 4 is 35.2 Å². The second-order valence-electron chi connectivity index (χ2n) is 5.31. The van der Waals surface area contributed by atoms with Gasteiger partial charge in [0.1, 0.15) is 18.8 Å². The number of hydrogen-bond acceptors (Lipinski definition) is 6. The molecule has 2 amide bonds. The summed E-state index contributed by atoms with van der Waals surface area (Å²) < 4.78 is 1.17. The van der Waals surface area contributed by atoms with Crippen molar-refractivity contribution in [2.24, 2.45) is 0 Å². The van der Waals surface area contributed by atoms with Crippen LogP contribution in [0, 0.1) is 0 Å². The number of aromatic nitrogens is 3. The molecule has 9 nitrogen and oxygen atoms in total. The molecule has 2 aromatic rings. The molecule has 0 spiro atoms. The number of nitrogens with zero attached hydrogens (tertiary/aromatic N) is 4. The van der Waals surface area contributed by atoms with E-state index in [1.165, 1.54) is 27.5 Å². The van der Waals surface area contributed by atoms with Crippen molar-refractivity contribution in [3.63, 3.8) is 0 Å². The average Bonchev–Trinajstić information content (AvgIpc) is 3.02. The lowest BCUT2D eigenvalue weighted by Gasteiger charge is -2.28. The Bertz CT molecular complexity index is 822. The van der Waals surface area contributed by atoms with Crippen molar-refractivity contribution in [2.75, 3.05) is 17.2 Å². The summed E-state index contributed by atoms with van der Waals surface area (Å²) in [5.41, 5.74) is 1.17. The number of carboxylic acids is 1. The van der Waals surface area contributed by atoms with Gasteiger partial charge in [-0.3, -0.25) is 14.4 Å². The molecule has 0 saturated carbocycles. The third kappa shape index (κ3) is 4.15. The number of amides is 2. The van der Waals surface area contributed by atoms with Crippen LogP contribution < -0.4 is 10.2 Å². The predicted molar refractivity (Wildman–Crippen MR) is 89.0 cm³/mol. The predicted octanol–water partition coefficient (Wildman–Crippen LogP) is 0.118. The summed E-state index contributed by atoms with van der Waals surface area (Å²) in [6, 6.07) is 7.44. The van der Waals surface area contributed by atoms with Gasteiger partial charge in [-0.15, -0.1) is 16.9 Å². The zero-order chi connectivity index (χ0) is 17.8. The monoisotopic (exact) mass is 361 g/mol. The van der Waals surface area contributed by atoms with Crippen molar-refractivity contribution in [1.29, 1.82) is 0 Å². The van der Waals surface area contributed by atoms with Gasteiger partial charge in [-0.1, -0.05) is 17.3 Å². The summed E-state index contributed by atoms with van der Waals surface area (Å²) >= 11 is 1.45. The van der Waals surface area contributed by atoms with Gasteiger partial charge in [-0.25, -0.2) is 4.68 Å². The molecule has 0 bridgehead atoms. The molecule has 2 heterocycles. The Morgan fingerprint density at radius 2 is 2.08 bits per heavy atom. The van der Waals surface area contributed by atoms with Gasteiger partial charge in [0, 0.05) is 4.90 Å². The van der Waals surface area contributed by atoms with E-state index in [1.807, 2.05) is 24.3 Å². The first-order valence-electron chi connectivity index (χ1n) is 7.42. The summed E-state index contributed by atoms with van der Waals surface area (Å²) in [6.07, 6.45) is 1.45. The number of fused-ring (bicyclic) bond motifs is 1. The first kappa shape index (κ1) is 17.0. The third-order valence-corrected chi connectivity index (χ3v) is 4.51. The maximum Gasteiger partial charge on any atom is 0.325 e. The van der Waals surface area contributed by atoms with E-state index in [4.69, 9.17) is 5.11 Å². The molecule has 130 valence electrons. The average molecular weight is 361 g/mol. The lowest BCUT2D eigenvalue weighted by atomic mass is 10.2. The second-order valence-corrected chi connectivity index (χ2v) is 6.33. The Hall–Kier alpha value is -2.88. The first-order valence-corrected chi connectivity index (χ1v) is 8.41. The number of benzene rings is 1. The van der Waals surface area contributed by atoms with Crippen molar-refractivity contribution in [3.8, 4) is 0 Å². The van der Waals surface area contributed by atoms with Crippen LogP contribution in [0.4, 0.5) is 5.69 Å². The van der Waals surface area contributed by atoms with Crippen LogP contribution in [-0.4, -0.2) is 50.2 Å². The van der Waals surface area contributed by atoms with E-state index >= 15 is 0 Å². The SMILES string of the molecule is O=C(O)Cn1cc(CNC(=O)CN2C(=O)CSc3ccccc32)nn1. The molecular weight excluding hydrogens is 346 g/mol. The quantitative estimate of drug-likeness (QED) is 0.750. The molecule has 0 aliphatic carbocycles. The minimum atomic E-state index is -1.03. The highest BCUT2D eigenvalue weighted by Crippen LogP contribution is 2.34. The number of carboxylic acid groups (broad SMARTS) is 1. The maximum atomic E-state index is 12.2. The number of anilines is 1. The van der Waals surface area contributed by atoms with Gasteiger partial charge < -0.3 is 15.3 Å². The molecule has 0 fully saturated rings. The van der Waals surface area contributed by atoms with Gasteiger partial charge in [-0.05, 0) is 12.1 Å². The van der Waals surface area contributed by atoms with Crippen LogP contribution in [0.5, 0.6) is 0 Å². The van der Waals surface area contributed by atoms with E-state index in [0.29, 0.717) is 11.4 Å². The minimum absolute atomic E-state index is 0.0837. The Balaban J connectivity index is 1.58. The summed E-state index contributed by atoms with van der Waals surface area (Å²) in [7, 11) is 0. The number of rotatable bonds is 6. The summed E-state index contributed by atoms with van der Waals surface area (Å²) in [5.74, 6) is -1.18. The number of para-hydroxylation sites is 1. The summed E-state index contributed by atoms with van der Waals surface area (Å²) in [5, 5.41) is 18.8. The van der Waals surface area contributed by atoms with E-state index < -0.39 is 5.97 Å². The van der Waals surface area contributed by atoms with Crippen LogP contribution in [0.25, 0.3) is 0 Å². The second kappa shape index (κ2) is 7.34. The fraction of sp³-hybridized carbons (Fsp3) is 0.267. The third-order valence-electron chi connectivity index (χ3n) is 3.46. The molecule has 1 aliphatic heterocycles. The number of nitrogens with one attached hydrogen (secondary N) is 1. The van der Waals surface area contributed by atoms with Crippen LogP contribution in [0.2, 0.25) is 0 Å². The molecule has 0 saturated heterocycles. The summed E-state index contributed by atoms with van der Waals surface area (Å²) in [6.45, 7) is -0.270. The Kier molecular flexibility index (Phi) is 4.98. The summed E-state index contributed by atoms with van der Waals surface area (Å²) in [4.78, 5) is 37.3. The Morgan fingerprint density at radius 1 is 1.28 bits per heavy atom. The number of hydrogen-bond donors (Lipinski definition) is 2. The molecule has 3 rings (SSSR count). The lowest BCUT2D eigenvalue weighted by molar-refractivity contribution is -0.138. The smallest absolute Gasteiger partial charge is 0.325 e.